The molecule has 0 aliphatic carbocycles. The highest BCUT2D eigenvalue weighted by atomic mass is 16.6. The Kier molecular flexibility index (Phi) is 30.6. The maximum absolute atomic E-state index is 12.8. The number of nitrogen functional groups attached to an aromatic ring is 1. The van der Waals surface area contributed by atoms with Crippen molar-refractivity contribution in [2.75, 3.05) is 31.9 Å². The Bertz CT molecular complexity index is 943. The lowest BCUT2D eigenvalue weighted by molar-refractivity contribution is -0.150. The minimum absolute atomic E-state index is 0.00554. The lowest BCUT2D eigenvalue weighted by atomic mass is 10.0. The molecule has 0 bridgehead atoms. The van der Waals surface area contributed by atoms with Crippen LogP contribution in [-0.2, 0) is 14.3 Å². The van der Waals surface area contributed by atoms with Gasteiger partial charge in [-0.25, -0.2) is 4.63 Å². The minimum atomic E-state index is -0.00554. The van der Waals surface area contributed by atoms with Crippen molar-refractivity contribution in [1.29, 1.82) is 0 Å². The number of nitrogens with zero attached hydrogens (tertiary/aromatic N) is 4. The van der Waals surface area contributed by atoms with Crippen LogP contribution in [0.4, 0.5) is 5.82 Å². The molecule has 290 valence electrons. The van der Waals surface area contributed by atoms with Crippen LogP contribution in [0.15, 0.2) is 9.62 Å². The zero-order valence-corrected chi connectivity index (χ0v) is 32.0. The molecule has 11 heteroatoms. The van der Waals surface area contributed by atoms with Crippen molar-refractivity contribution in [2.45, 2.75) is 193 Å². The molecule has 1 heterocycles. The van der Waals surface area contributed by atoms with E-state index < -0.39 is 0 Å². The summed E-state index contributed by atoms with van der Waals surface area (Å²) in [6.45, 7) is 7.98. The lowest BCUT2D eigenvalue weighted by Gasteiger charge is -2.22. The Hall–Kier alpha value is -2.53. The van der Waals surface area contributed by atoms with Crippen LogP contribution in [0.25, 0.3) is 0 Å². The minimum Gasteiger partial charge on any atom is -0.462 e. The molecule has 0 unspecified atom stereocenters. The summed E-state index contributed by atoms with van der Waals surface area (Å²) < 4.78 is 10.6. The fraction of sp³-hybridized carbons (Fsp3) is 0.872. The van der Waals surface area contributed by atoms with Crippen LogP contribution >= 0.6 is 0 Å². The summed E-state index contributed by atoms with van der Waals surface area (Å²) in [5, 5.41) is 16.7. The molecule has 0 fully saturated rings. The standard InChI is InChI=1S/C39H74N6O5/c1-3-5-7-9-14-20-27-35(28-21-15-10-8-6-4-2)49-36(47)29-22-16-13-18-24-32-45(31-23-17-11-12-19-25-34-46)33-26-30-41-39(42-48)37-38(40)44-50-43-37/h34-35,48H,3-33H2,1-2H3,(H2,40,44)(H,41,42). The number of hydroxylamine groups is 1. The van der Waals surface area contributed by atoms with Gasteiger partial charge in [-0.3, -0.25) is 20.5 Å². The number of ether oxygens (including phenoxy) is 1. The van der Waals surface area contributed by atoms with Crippen molar-refractivity contribution in [3.05, 3.63) is 5.69 Å². The second kappa shape index (κ2) is 33.6. The average molecular weight is 707 g/mol. The molecule has 1 rings (SSSR count). The second-order valence-electron chi connectivity index (χ2n) is 14.0. The number of amidine groups is 1. The van der Waals surface area contributed by atoms with Gasteiger partial charge in [0.15, 0.2) is 17.3 Å². The topological polar surface area (TPSA) is 156 Å². The van der Waals surface area contributed by atoms with Crippen LogP contribution in [0.5, 0.6) is 0 Å². The van der Waals surface area contributed by atoms with Gasteiger partial charge in [-0.05, 0) is 87.7 Å². The Morgan fingerprint density at radius 2 is 1.30 bits per heavy atom. The SMILES string of the molecule is CCCCCCCCC(CCCCCCCC)OC(=O)CCCCCCCN(CCCCCCCC=O)CCCN=C(NO)c1nonc1N. The number of rotatable bonds is 36. The first-order valence-electron chi connectivity index (χ1n) is 20.4. The van der Waals surface area contributed by atoms with Gasteiger partial charge in [0.1, 0.15) is 12.4 Å². The summed E-state index contributed by atoms with van der Waals surface area (Å²) in [5.74, 6) is 0.225. The van der Waals surface area contributed by atoms with Crippen molar-refractivity contribution in [3.8, 4) is 0 Å². The first kappa shape index (κ1) is 45.5. The third-order valence-electron chi connectivity index (χ3n) is 9.46. The molecule has 50 heavy (non-hydrogen) atoms. The van der Waals surface area contributed by atoms with Crippen LogP contribution in [-0.4, -0.2) is 70.8 Å². The van der Waals surface area contributed by atoms with Crippen LogP contribution in [0.3, 0.4) is 0 Å². The molecule has 0 aliphatic rings. The van der Waals surface area contributed by atoms with Crippen LogP contribution in [0, 0.1) is 0 Å². The first-order valence-corrected chi connectivity index (χ1v) is 20.4. The largest absolute Gasteiger partial charge is 0.462 e. The number of aldehydes is 1. The number of unbranched alkanes of at least 4 members (excludes halogenated alkanes) is 19. The summed E-state index contributed by atoms with van der Waals surface area (Å²) in [5.41, 5.74) is 7.97. The van der Waals surface area contributed by atoms with Crippen LogP contribution < -0.4 is 11.2 Å². The van der Waals surface area contributed by atoms with Gasteiger partial charge in [0.25, 0.3) is 0 Å². The molecule has 0 aromatic carbocycles. The number of aromatic nitrogens is 2. The molecule has 1 aromatic heterocycles. The number of nitrogens with two attached hydrogens (primary N) is 1. The Morgan fingerprint density at radius 1 is 0.780 bits per heavy atom. The van der Waals surface area contributed by atoms with E-state index in [2.05, 4.69) is 38.7 Å². The van der Waals surface area contributed by atoms with Crippen LogP contribution in [0.1, 0.15) is 193 Å². The molecule has 0 saturated carbocycles. The van der Waals surface area contributed by atoms with Crippen molar-refractivity contribution in [1.82, 2.24) is 20.7 Å². The fourth-order valence-electron chi connectivity index (χ4n) is 6.38. The van der Waals surface area contributed by atoms with E-state index in [9.17, 15) is 14.8 Å². The summed E-state index contributed by atoms with van der Waals surface area (Å²) in [4.78, 5) is 30.2. The van der Waals surface area contributed by atoms with Crippen molar-refractivity contribution in [3.63, 3.8) is 0 Å². The van der Waals surface area contributed by atoms with E-state index in [0.717, 1.165) is 103 Å². The summed E-state index contributed by atoms with van der Waals surface area (Å²) in [7, 11) is 0. The summed E-state index contributed by atoms with van der Waals surface area (Å²) in [6.07, 6.45) is 31.3. The monoisotopic (exact) mass is 707 g/mol. The molecule has 0 saturated heterocycles. The molecule has 0 amide bonds. The Labute approximate surface area is 304 Å². The van der Waals surface area contributed by atoms with Gasteiger partial charge in [0.2, 0.25) is 0 Å². The predicted molar refractivity (Wildman–Crippen MR) is 203 cm³/mol. The molecular weight excluding hydrogens is 632 g/mol. The molecule has 0 atom stereocenters. The smallest absolute Gasteiger partial charge is 0.306 e. The van der Waals surface area contributed by atoms with Gasteiger partial charge in [-0.2, -0.15) is 0 Å². The number of hydrogen-bond acceptors (Lipinski definition) is 10. The van der Waals surface area contributed by atoms with Gasteiger partial charge < -0.3 is 20.2 Å². The molecule has 0 radical (unpaired) electrons. The van der Waals surface area contributed by atoms with Gasteiger partial charge in [-0.15, -0.1) is 0 Å². The first-order chi connectivity index (χ1) is 24.5. The average Bonchev–Trinajstić information content (AvgIpc) is 3.54. The van der Waals surface area contributed by atoms with E-state index in [1.807, 2.05) is 5.48 Å². The number of anilines is 1. The van der Waals surface area contributed by atoms with E-state index in [4.69, 9.17) is 10.5 Å². The quantitative estimate of drug-likeness (QED) is 0.0153. The second-order valence-corrected chi connectivity index (χ2v) is 14.0. The number of carbonyl (C=O) groups is 2. The maximum Gasteiger partial charge on any atom is 0.306 e. The molecular formula is C39H74N6O5. The Morgan fingerprint density at radius 3 is 1.84 bits per heavy atom. The van der Waals surface area contributed by atoms with Crippen molar-refractivity contribution in [2.24, 2.45) is 4.99 Å². The van der Waals surface area contributed by atoms with E-state index >= 15 is 0 Å². The number of esters is 1. The van der Waals surface area contributed by atoms with Gasteiger partial charge in [0.05, 0.1) is 0 Å². The number of nitrogens with one attached hydrogen (secondary N) is 1. The van der Waals surface area contributed by atoms with Gasteiger partial charge in [0, 0.05) is 19.4 Å². The predicted octanol–water partition coefficient (Wildman–Crippen LogP) is 9.36. The van der Waals surface area contributed by atoms with E-state index in [-0.39, 0.29) is 29.4 Å². The zero-order chi connectivity index (χ0) is 36.3. The van der Waals surface area contributed by atoms with Crippen LogP contribution in [0.2, 0.25) is 0 Å². The highest BCUT2D eigenvalue weighted by Gasteiger charge is 2.15. The number of carbonyl (C=O) groups excluding carboxylic acids is 2. The Balaban J connectivity index is 2.39. The fourth-order valence-corrected chi connectivity index (χ4v) is 6.38. The highest BCUT2D eigenvalue weighted by Crippen LogP contribution is 2.18. The normalized spacial score (nSPS) is 11.9. The third-order valence-corrected chi connectivity index (χ3v) is 9.46. The zero-order valence-electron chi connectivity index (χ0n) is 32.0. The summed E-state index contributed by atoms with van der Waals surface area (Å²) >= 11 is 0. The van der Waals surface area contributed by atoms with E-state index in [1.165, 1.54) is 83.5 Å². The molecule has 4 N–H and O–H groups in total. The molecule has 1 aromatic rings. The number of hydrogen-bond donors (Lipinski definition) is 3. The van der Waals surface area contributed by atoms with Gasteiger partial charge >= 0.3 is 5.97 Å². The van der Waals surface area contributed by atoms with Gasteiger partial charge in [-0.1, -0.05) is 117 Å². The van der Waals surface area contributed by atoms with Crippen molar-refractivity contribution >= 4 is 23.9 Å². The highest BCUT2D eigenvalue weighted by molar-refractivity contribution is 5.99. The third kappa shape index (κ3) is 25.4. The lowest BCUT2D eigenvalue weighted by Crippen LogP contribution is -2.28. The molecule has 11 nitrogen and oxygen atoms in total. The molecule has 0 aliphatic heterocycles. The number of aliphatic imine (C=N–C) groups is 1. The maximum atomic E-state index is 12.8. The van der Waals surface area contributed by atoms with E-state index in [1.54, 1.807) is 0 Å². The summed E-state index contributed by atoms with van der Waals surface area (Å²) in [6, 6.07) is 0. The van der Waals surface area contributed by atoms with E-state index in [0.29, 0.717) is 19.4 Å². The van der Waals surface area contributed by atoms with Crippen molar-refractivity contribution < 1.29 is 24.2 Å². The molecule has 0 spiro atoms.